The first-order valence-corrected chi connectivity index (χ1v) is 9.83. The Hall–Kier alpha value is -2.67. The molecule has 0 unspecified atom stereocenters. The van der Waals surface area contributed by atoms with Gasteiger partial charge in [0.2, 0.25) is 5.91 Å². The Morgan fingerprint density at radius 1 is 0.966 bits per heavy atom. The summed E-state index contributed by atoms with van der Waals surface area (Å²) in [5.74, 6) is -1.17. The van der Waals surface area contributed by atoms with E-state index in [1.165, 1.54) is 0 Å². The molecule has 0 aliphatic carbocycles. The average Bonchev–Trinajstić information content (AvgIpc) is 2.96. The summed E-state index contributed by atoms with van der Waals surface area (Å²) in [7, 11) is 0. The van der Waals surface area contributed by atoms with Crippen LogP contribution in [0.5, 0.6) is 0 Å². The molecule has 0 bridgehead atoms. The maximum atomic E-state index is 13.7. The first-order chi connectivity index (χ1) is 13.9. The first-order valence-electron chi connectivity index (χ1n) is 9.45. The Labute approximate surface area is 173 Å². The fourth-order valence-electron chi connectivity index (χ4n) is 3.24. The van der Waals surface area contributed by atoms with Gasteiger partial charge < -0.3 is 15.1 Å². The van der Waals surface area contributed by atoms with Gasteiger partial charge in [0.1, 0.15) is 11.6 Å². The number of amides is 3. The van der Waals surface area contributed by atoms with Gasteiger partial charge in [-0.05, 0) is 60.9 Å². The summed E-state index contributed by atoms with van der Waals surface area (Å²) in [5.41, 5.74) is 0.839. The molecule has 3 rings (SSSR count). The molecule has 2 aromatic rings. The SMILES string of the molecule is O=C(CCc1cc(F)ccc1F)N1CCCN(C(=O)Nc2ccc(Cl)cc2)CC1. The van der Waals surface area contributed by atoms with Gasteiger partial charge in [0.25, 0.3) is 0 Å². The second-order valence-electron chi connectivity index (χ2n) is 6.89. The standard InChI is InChI=1S/C21H22ClF2N3O2/c22-16-3-6-18(7-4-16)25-21(29)27-11-1-10-26(12-13-27)20(28)9-2-15-14-17(23)5-8-19(15)24/h3-8,14H,1-2,9-13H2,(H,25,29). The molecule has 3 amide bonds. The molecule has 1 saturated heterocycles. The number of urea groups is 1. The van der Waals surface area contributed by atoms with Crippen molar-refractivity contribution in [2.75, 3.05) is 31.5 Å². The van der Waals surface area contributed by atoms with Crippen molar-refractivity contribution in [1.82, 2.24) is 9.80 Å². The number of nitrogens with zero attached hydrogens (tertiary/aromatic N) is 2. The summed E-state index contributed by atoms with van der Waals surface area (Å²) >= 11 is 5.85. The summed E-state index contributed by atoms with van der Waals surface area (Å²) in [4.78, 5) is 28.3. The van der Waals surface area contributed by atoms with E-state index in [1.54, 1.807) is 34.1 Å². The van der Waals surface area contributed by atoms with Crippen molar-refractivity contribution < 1.29 is 18.4 Å². The van der Waals surface area contributed by atoms with Crippen LogP contribution < -0.4 is 5.32 Å². The number of hydrogen-bond donors (Lipinski definition) is 1. The largest absolute Gasteiger partial charge is 0.341 e. The van der Waals surface area contributed by atoms with E-state index in [2.05, 4.69) is 5.32 Å². The van der Waals surface area contributed by atoms with Gasteiger partial charge in [-0.3, -0.25) is 4.79 Å². The van der Waals surface area contributed by atoms with Crippen LogP contribution in [0.25, 0.3) is 0 Å². The van der Waals surface area contributed by atoms with Crippen molar-refractivity contribution >= 4 is 29.2 Å². The molecular formula is C21H22ClF2N3O2. The topological polar surface area (TPSA) is 52.7 Å². The lowest BCUT2D eigenvalue weighted by Gasteiger charge is -2.22. The van der Waals surface area contributed by atoms with Gasteiger partial charge in [-0.2, -0.15) is 0 Å². The average molecular weight is 422 g/mol. The fourth-order valence-corrected chi connectivity index (χ4v) is 3.37. The van der Waals surface area contributed by atoms with Gasteiger partial charge in [-0.1, -0.05) is 11.6 Å². The molecule has 0 aromatic heterocycles. The molecular weight excluding hydrogens is 400 g/mol. The second-order valence-corrected chi connectivity index (χ2v) is 7.33. The van der Waals surface area contributed by atoms with Gasteiger partial charge >= 0.3 is 6.03 Å². The number of carbonyl (C=O) groups is 2. The minimum absolute atomic E-state index is 0.0946. The van der Waals surface area contributed by atoms with Gasteiger partial charge in [-0.15, -0.1) is 0 Å². The lowest BCUT2D eigenvalue weighted by molar-refractivity contribution is -0.131. The van der Waals surface area contributed by atoms with Crippen LogP contribution in [0.1, 0.15) is 18.4 Å². The van der Waals surface area contributed by atoms with E-state index in [9.17, 15) is 18.4 Å². The highest BCUT2D eigenvalue weighted by molar-refractivity contribution is 6.30. The summed E-state index contributed by atoms with van der Waals surface area (Å²) in [5, 5.41) is 3.40. The number of aryl methyl sites for hydroxylation is 1. The summed E-state index contributed by atoms with van der Waals surface area (Å²) in [6.45, 7) is 1.86. The van der Waals surface area contributed by atoms with Crippen LogP contribution in [0, 0.1) is 11.6 Å². The lowest BCUT2D eigenvalue weighted by atomic mass is 10.1. The summed E-state index contributed by atoms with van der Waals surface area (Å²) in [6, 6.07) is 9.84. The van der Waals surface area contributed by atoms with E-state index >= 15 is 0 Å². The number of hydrogen-bond acceptors (Lipinski definition) is 2. The molecule has 8 heteroatoms. The highest BCUT2D eigenvalue weighted by Crippen LogP contribution is 2.16. The minimum Gasteiger partial charge on any atom is -0.341 e. The van der Waals surface area contributed by atoms with Crippen molar-refractivity contribution in [2.24, 2.45) is 0 Å². The third-order valence-electron chi connectivity index (χ3n) is 4.85. The minimum atomic E-state index is -0.522. The predicted molar refractivity (Wildman–Crippen MR) is 108 cm³/mol. The van der Waals surface area contributed by atoms with Gasteiger partial charge in [-0.25, -0.2) is 13.6 Å². The number of anilines is 1. The fraction of sp³-hybridized carbons (Fsp3) is 0.333. The molecule has 29 heavy (non-hydrogen) atoms. The number of carbonyl (C=O) groups excluding carboxylic acids is 2. The van der Waals surface area contributed by atoms with Crippen molar-refractivity contribution in [3.8, 4) is 0 Å². The molecule has 1 fully saturated rings. The summed E-state index contributed by atoms with van der Waals surface area (Å²) < 4.78 is 27.0. The van der Waals surface area contributed by atoms with Crippen LogP contribution in [0.2, 0.25) is 5.02 Å². The number of benzene rings is 2. The molecule has 0 spiro atoms. The maximum Gasteiger partial charge on any atom is 0.321 e. The van der Waals surface area contributed by atoms with Gasteiger partial charge in [0.05, 0.1) is 0 Å². The highest BCUT2D eigenvalue weighted by atomic mass is 35.5. The molecule has 1 aliphatic rings. The number of nitrogens with one attached hydrogen (secondary N) is 1. The zero-order valence-electron chi connectivity index (χ0n) is 15.8. The molecule has 0 radical (unpaired) electrons. The number of rotatable bonds is 4. The second kappa shape index (κ2) is 9.69. The number of halogens is 3. The van der Waals surface area contributed by atoms with Crippen molar-refractivity contribution in [2.45, 2.75) is 19.3 Å². The van der Waals surface area contributed by atoms with Crippen molar-refractivity contribution in [3.05, 3.63) is 64.7 Å². The first kappa shape index (κ1) is 21.0. The maximum absolute atomic E-state index is 13.7. The third-order valence-corrected chi connectivity index (χ3v) is 5.10. The summed E-state index contributed by atoms with van der Waals surface area (Å²) in [6.07, 6.45) is 0.880. The van der Waals surface area contributed by atoms with E-state index in [4.69, 9.17) is 11.6 Å². The Morgan fingerprint density at radius 2 is 1.66 bits per heavy atom. The molecule has 1 N–H and O–H groups in total. The van der Waals surface area contributed by atoms with Crippen molar-refractivity contribution in [3.63, 3.8) is 0 Å². The van der Waals surface area contributed by atoms with Crippen LogP contribution in [0.4, 0.5) is 19.3 Å². The Bertz CT molecular complexity index is 877. The monoisotopic (exact) mass is 421 g/mol. The van der Waals surface area contributed by atoms with E-state index in [-0.39, 0.29) is 30.3 Å². The highest BCUT2D eigenvalue weighted by Gasteiger charge is 2.22. The van der Waals surface area contributed by atoms with Crippen LogP contribution in [0.3, 0.4) is 0 Å². The molecule has 0 atom stereocenters. The zero-order chi connectivity index (χ0) is 20.8. The molecule has 1 aliphatic heterocycles. The van der Waals surface area contributed by atoms with Crippen LogP contribution in [0.15, 0.2) is 42.5 Å². The quantitative estimate of drug-likeness (QED) is 0.799. The van der Waals surface area contributed by atoms with Gasteiger partial charge in [0.15, 0.2) is 0 Å². The van der Waals surface area contributed by atoms with E-state index in [1.807, 2.05) is 0 Å². The molecule has 2 aromatic carbocycles. The molecule has 5 nitrogen and oxygen atoms in total. The van der Waals surface area contributed by atoms with E-state index in [0.29, 0.717) is 43.3 Å². The zero-order valence-corrected chi connectivity index (χ0v) is 16.6. The van der Waals surface area contributed by atoms with Crippen LogP contribution >= 0.6 is 11.6 Å². The van der Waals surface area contributed by atoms with E-state index in [0.717, 1.165) is 18.2 Å². The smallest absolute Gasteiger partial charge is 0.321 e. The van der Waals surface area contributed by atoms with Crippen molar-refractivity contribution in [1.29, 1.82) is 0 Å². The Morgan fingerprint density at radius 3 is 2.41 bits per heavy atom. The molecule has 154 valence electrons. The van der Waals surface area contributed by atoms with Crippen LogP contribution in [-0.4, -0.2) is 47.9 Å². The lowest BCUT2D eigenvalue weighted by Crippen LogP contribution is -2.39. The Kier molecular flexibility index (Phi) is 7.04. The Balaban J connectivity index is 1.50. The van der Waals surface area contributed by atoms with E-state index < -0.39 is 11.6 Å². The third kappa shape index (κ3) is 5.90. The normalized spacial score (nSPS) is 14.4. The predicted octanol–water partition coefficient (Wildman–Crippen LogP) is 4.32. The molecule has 0 saturated carbocycles. The molecule has 1 heterocycles. The van der Waals surface area contributed by atoms with Crippen LogP contribution in [-0.2, 0) is 11.2 Å². The van der Waals surface area contributed by atoms with Gasteiger partial charge in [0, 0.05) is 43.3 Å².